The first-order valence-electron chi connectivity index (χ1n) is 9.70. The zero-order valence-electron chi connectivity index (χ0n) is 16.8. The lowest BCUT2D eigenvalue weighted by atomic mass is 9.46. The smallest absolute Gasteiger partial charge is 0.311 e. The van der Waals surface area contributed by atoms with Crippen LogP contribution in [0.4, 0.5) is 0 Å². The fraction of sp³-hybridized carbons (Fsp3) is 0.773. The highest BCUT2D eigenvalue weighted by Crippen LogP contribution is 2.62. The van der Waals surface area contributed by atoms with Crippen LogP contribution in [-0.4, -0.2) is 26.8 Å². The van der Waals surface area contributed by atoms with Gasteiger partial charge in [-0.1, -0.05) is 37.1 Å². The van der Waals surface area contributed by atoms with E-state index in [1.54, 1.807) is 7.11 Å². The summed E-state index contributed by atoms with van der Waals surface area (Å²) in [6.07, 6.45) is 9.71. The molecule has 0 radical (unpaired) electrons. The second-order valence-corrected chi connectivity index (χ2v) is 8.62. The molecule has 2 saturated carbocycles. The van der Waals surface area contributed by atoms with Gasteiger partial charge in [0.15, 0.2) is 0 Å². The maximum absolute atomic E-state index is 12.6. The first kappa shape index (κ1) is 20.2. The van der Waals surface area contributed by atoms with E-state index in [1.807, 2.05) is 0 Å². The first-order chi connectivity index (χ1) is 11.8. The predicted molar refractivity (Wildman–Crippen MR) is 102 cm³/mol. The minimum Gasteiger partial charge on any atom is -0.469 e. The van der Waals surface area contributed by atoms with Gasteiger partial charge < -0.3 is 9.47 Å². The van der Waals surface area contributed by atoms with E-state index in [9.17, 15) is 4.79 Å². The van der Waals surface area contributed by atoms with Gasteiger partial charge in [0.2, 0.25) is 0 Å². The molecule has 25 heavy (non-hydrogen) atoms. The Hall–Kier alpha value is -1.09. The number of carbonyl (C=O) groups is 1. The van der Waals surface area contributed by atoms with E-state index < -0.39 is 0 Å². The summed E-state index contributed by atoms with van der Waals surface area (Å²) in [7, 11) is 3.26. The molecule has 3 heteroatoms. The van der Waals surface area contributed by atoms with Crippen molar-refractivity contribution in [3.05, 3.63) is 23.8 Å². The molecule has 0 spiro atoms. The lowest BCUT2D eigenvalue weighted by molar-refractivity contribution is -0.168. The Labute approximate surface area is 153 Å². The normalized spacial score (nSPS) is 36.0. The average molecular weight is 349 g/mol. The standard InChI is InChI=1S/C22H36O3/c1-16(12-15-24-5)8-10-18-17(2)9-11-19-21(18,3)13-7-14-22(19,4)20(23)25-6/h12,18-19H,2,7-11,13-15H2,1,3-6H3. The number of esters is 1. The highest BCUT2D eigenvalue weighted by Gasteiger charge is 2.57. The van der Waals surface area contributed by atoms with Gasteiger partial charge in [0, 0.05) is 7.11 Å². The van der Waals surface area contributed by atoms with Crippen LogP contribution in [0, 0.1) is 22.7 Å². The summed E-state index contributed by atoms with van der Waals surface area (Å²) in [5.74, 6) is 0.854. The summed E-state index contributed by atoms with van der Waals surface area (Å²) in [4.78, 5) is 12.6. The van der Waals surface area contributed by atoms with E-state index in [2.05, 4.69) is 33.4 Å². The van der Waals surface area contributed by atoms with Crippen LogP contribution in [0.5, 0.6) is 0 Å². The molecule has 0 saturated heterocycles. The molecule has 2 aliphatic carbocycles. The average Bonchev–Trinajstić information content (AvgIpc) is 2.58. The molecule has 0 aliphatic heterocycles. The number of hydrogen-bond donors (Lipinski definition) is 0. The fourth-order valence-electron chi connectivity index (χ4n) is 5.66. The van der Waals surface area contributed by atoms with Crippen molar-refractivity contribution >= 4 is 5.97 Å². The quantitative estimate of drug-likeness (QED) is 0.482. The summed E-state index contributed by atoms with van der Waals surface area (Å²) >= 11 is 0. The van der Waals surface area contributed by atoms with Gasteiger partial charge in [0.25, 0.3) is 0 Å². The molecule has 3 nitrogen and oxygen atoms in total. The van der Waals surface area contributed by atoms with E-state index in [0.29, 0.717) is 18.4 Å². The zero-order valence-corrected chi connectivity index (χ0v) is 16.8. The van der Waals surface area contributed by atoms with E-state index in [1.165, 1.54) is 24.7 Å². The Balaban J connectivity index is 2.22. The largest absolute Gasteiger partial charge is 0.469 e. The molecule has 0 heterocycles. The highest BCUT2D eigenvalue weighted by molar-refractivity contribution is 5.77. The van der Waals surface area contributed by atoms with Gasteiger partial charge >= 0.3 is 5.97 Å². The van der Waals surface area contributed by atoms with Gasteiger partial charge in [-0.05, 0) is 69.6 Å². The van der Waals surface area contributed by atoms with Gasteiger partial charge in [-0.15, -0.1) is 0 Å². The second-order valence-electron chi connectivity index (χ2n) is 8.62. The van der Waals surface area contributed by atoms with Crippen molar-refractivity contribution in [3.8, 4) is 0 Å². The van der Waals surface area contributed by atoms with Gasteiger partial charge in [0.05, 0.1) is 19.1 Å². The topological polar surface area (TPSA) is 35.5 Å². The second kappa shape index (κ2) is 8.07. The Bertz CT molecular complexity index is 535. The Morgan fingerprint density at radius 2 is 2.04 bits per heavy atom. The van der Waals surface area contributed by atoms with Crippen molar-refractivity contribution in [1.29, 1.82) is 0 Å². The van der Waals surface area contributed by atoms with Crippen LogP contribution in [0.2, 0.25) is 0 Å². The summed E-state index contributed by atoms with van der Waals surface area (Å²) < 4.78 is 10.4. The van der Waals surface area contributed by atoms with E-state index >= 15 is 0 Å². The first-order valence-corrected chi connectivity index (χ1v) is 9.70. The van der Waals surface area contributed by atoms with Crippen molar-refractivity contribution in [2.75, 3.05) is 20.8 Å². The molecule has 0 N–H and O–H groups in total. The van der Waals surface area contributed by atoms with Crippen molar-refractivity contribution in [2.24, 2.45) is 22.7 Å². The minimum absolute atomic E-state index is 0.0224. The van der Waals surface area contributed by atoms with E-state index in [-0.39, 0.29) is 16.8 Å². The van der Waals surface area contributed by atoms with Gasteiger partial charge in [-0.25, -0.2) is 0 Å². The van der Waals surface area contributed by atoms with Crippen LogP contribution >= 0.6 is 0 Å². The molecule has 4 unspecified atom stereocenters. The molecule has 4 atom stereocenters. The predicted octanol–water partition coefficient (Wildman–Crippen LogP) is 5.31. The SMILES string of the molecule is C=C1CCC2C(C)(C(=O)OC)CCCC2(C)C1CCC(C)=CCOC. The van der Waals surface area contributed by atoms with Crippen LogP contribution < -0.4 is 0 Å². The van der Waals surface area contributed by atoms with E-state index in [0.717, 1.165) is 38.5 Å². The molecule has 0 aromatic rings. The number of hydrogen-bond acceptors (Lipinski definition) is 3. The van der Waals surface area contributed by atoms with Crippen LogP contribution in [-0.2, 0) is 14.3 Å². The lowest BCUT2D eigenvalue weighted by Crippen LogP contribution is -2.53. The van der Waals surface area contributed by atoms with E-state index in [4.69, 9.17) is 9.47 Å². The molecule has 0 aromatic carbocycles. The summed E-state index contributed by atoms with van der Waals surface area (Å²) in [5, 5.41) is 0. The summed E-state index contributed by atoms with van der Waals surface area (Å²) in [5.41, 5.74) is 2.57. The van der Waals surface area contributed by atoms with Crippen LogP contribution in [0.15, 0.2) is 23.8 Å². The van der Waals surface area contributed by atoms with Crippen molar-refractivity contribution < 1.29 is 14.3 Å². The minimum atomic E-state index is -0.346. The molecule has 2 fully saturated rings. The van der Waals surface area contributed by atoms with Crippen LogP contribution in [0.1, 0.15) is 65.7 Å². The Morgan fingerprint density at radius 3 is 2.68 bits per heavy atom. The molecule has 2 rings (SSSR count). The van der Waals surface area contributed by atoms with Crippen molar-refractivity contribution in [1.82, 2.24) is 0 Å². The summed E-state index contributed by atoms with van der Waals surface area (Å²) in [6.45, 7) is 11.8. The number of carbonyl (C=O) groups excluding carboxylic acids is 1. The highest BCUT2D eigenvalue weighted by atomic mass is 16.5. The summed E-state index contributed by atoms with van der Waals surface area (Å²) in [6, 6.07) is 0. The van der Waals surface area contributed by atoms with Gasteiger partial charge in [-0.2, -0.15) is 0 Å². The Morgan fingerprint density at radius 1 is 1.32 bits per heavy atom. The van der Waals surface area contributed by atoms with Gasteiger partial charge in [-0.3, -0.25) is 4.79 Å². The third kappa shape index (κ3) is 3.86. The Kier molecular flexibility index (Phi) is 6.53. The third-order valence-corrected chi connectivity index (χ3v) is 7.10. The molecule has 0 bridgehead atoms. The fourth-order valence-corrected chi connectivity index (χ4v) is 5.66. The maximum Gasteiger partial charge on any atom is 0.311 e. The molecule has 142 valence electrons. The van der Waals surface area contributed by atoms with Crippen LogP contribution in [0.3, 0.4) is 0 Å². The monoisotopic (exact) mass is 348 g/mol. The third-order valence-electron chi connectivity index (χ3n) is 7.10. The molecular formula is C22H36O3. The zero-order chi connectivity index (χ0) is 18.7. The molecule has 0 aromatic heterocycles. The number of ether oxygens (including phenoxy) is 2. The number of rotatable bonds is 6. The lowest BCUT2D eigenvalue weighted by Gasteiger charge is -2.57. The molecule has 0 amide bonds. The number of fused-ring (bicyclic) bond motifs is 1. The van der Waals surface area contributed by atoms with Crippen LogP contribution in [0.25, 0.3) is 0 Å². The van der Waals surface area contributed by atoms with Crippen molar-refractivity contribution in [2.45, 2.75) is 65.7 Å². The van der Waals surface area contributed by atoms with Crippen molar-refractivity contribution in [3.63, 3.8) is 0 Å². The molecular weight excluding hydrogens is 312 g/mol. The maximum atomic E-state index is 12.6. The van der Waals surface area contributed by atoms with Gasteiger partial charge in [0.1, 0.15) is 0 Å². The molecule has 2 aliphatic rings. The number of allylic oxidation sites excluding steroid dienone is 2. The number of methoxy groups -OCH3 is 2.